The second-order valence-corrected chi connectivity index (χ2v) is 7.08. The largest absolute Gasteiger partial charge is 0.313 e. The molecule has 1 N–H and O–H groups in total. The quantitative estimate of drug-likeness (QED) is 0.502. The van der Waals surface area contributed by atoms with Crippen molar-refractivity contribution < 1.29 is 4.39 Å². The molecule has 1 aliphatic carbocycles. The van der Waals surface area contributed by atoms with Gasteiger partial charge in [-0.3, -0.25) is 5.10 Å². The molecule has 4 heteroatoms. The van der Waals surface area contributed by atoms with Crippen LogP contribution in [0.3, 0.4) is 0 Å². The fourth-order valence-corrected chi connectivity index (χ4v) is 4.25. The number of fused-ring (bicyclic) bond motifs is 2. The van der Waals surface area contributed by atoms with Crippen LogP contribution in [0.1, 0.15) is 43.7 Å². The van der Waals surface area contributed by atoms with Gasteiger partial charge in [-0.25, -0.2) is 4.39 Å². The van der Waals surface area contributed by atoms with Gasteiger partial charge in [-0.2, -0.15) is 5.10 Å². The van der Waals surface area contributed by atoms with Gasteiger partial charge >= 0.3 is 0 Å². The number of rotatable bonds is 2. The summed E-state index contributed by atoms with van der Waals surface area (Å²) in [5, 5.41) is 9.52. The predicted octanol–water partition coefficient (Wildman–Crippen LogP) is 5.69. The van der Waals surface area contributed by atoms with E-state index in [0.29, 0.717) is 5.92 Å². The van der Waals surface area contributed by atoms with E-state index in [1.54, 1.807) is 12.1 Å². The molecular formula is C21H20FN3. The summed E-state index contributed by atoms with van der Waals surface area (Å²) in [7, 11) is 0. The molecule has 3 nitrogen and oxygen atoms in total. The zero-order valence-corrected chi connectivity index (χ0v) is 14.0. The van der Waals surface area contributed by atoms with Gasteiger partial charge in [0.05, 0.1) is 17.2 Å². The molecule has 0 amide bonds. The third kappa shape index (κ3) is 2.44. The van der Waals surface area contributed by atoms with Crippen molar-refractivity contribution in [2.24, 2.45) is 0 Å². The van der Waals surface area contributed by atoms with Crippen molar-refractivity contribution in [1.29, 1.82) is 0 Å². The van der Waals surface area contributed by atoms with E-state index in [1.807, 2.05) is 18.3 Å². The Hall–Kier alpha value is -2.62. The number of nitrogens with zero attached hydrogens (tertiary/aromatic N) is 2. The van der Waals surface area contributed by atoms with Crippen molar-refractivity contribution in [3.8, 4) is 5.69 Å². The van der Waals surface area contributed by atoms with E-state index in [4.69, 9.17) is 0 Å². The Labute approximate surface area is 145 Å². The summed E-state index contributed by atoms with van der Waals surface area (Å²) in [5.74, 6) is 0.374. The summed E-state index contributed by atoms with van der Waals surface area (Å²) < 4.78 is 15.8. The monoisotopic (exact) mass is 333 g/mol. The molecule has 1 fully saturated rings. The molecule has 1 aliphatic rings. The summed E-state index contributed by atoms with van der Waals surface area (Å²) >= 11 is 0. The summed E-state index contributed by atoms with van der Waals surface area (Å²) in [5.41, 5.74) is 4.60. The van der Waals surface area contributed by atoms with Gasteiger partial charge in [0.1, 0.15) is 5.82 Å². The lowest BCUT2D eigenvalue weighted by molar-refractivity contribution is 0.434. The van der Waals surface area contributed by atoms with E-state index in [0.717, 1.165) is 16.6 Å². The minimum Gasteiger partial charge on any atom is -0.313 e. The average molecular weight is 333 g/mol. The van der Waals surface area contributed by atoms with E-state index in [1.165, 1.54) is 48.7 Å². The number of benzene rings is 2. The average Bonchev–Trinajstić information content (AvgIpc) is 3.25. The highest BCUT2D eigenvalue weighted by Gasteiger charge is 2.22. The van der Waals surface area contributed by atoms with Crippen LogP contribution in [0.15, 0.2) is 48.7 Å². The number of hydrogen-bond acceptors (Lipinski definition) is 1. The molecule has 2 heterocycles. The Bertz CT molecular complexity index is 1040. The highest BCUT2D eigenvalue weighted by atomic mass is 19.1. The molecule has 0 radical (unpaired) electrons. The second kappa shape index (κ2) is 5.73. The van der Waals surface area contributed by atoms with Crippen LogP contribution < -0.4 is 0 Å². The summed E-state index contributed by atoms with van der Waals surface area (Å²) in [6.45, 7) is 0. The smallest absolute Gasteiger partial charge is 0.123 e. The maximum Gasteiger partial charge on any atom is 0.123 e. The fraction of sp³-hybridized carbons (Fsp3) is 0.286. The normalized spacial score (nSPS) is 16.0. The molecule has 2 aromatic carbocycles. The molecule has 4 aromatic rings. The van der Waals surface area contributed by atoms with Crippen LogP contribution in [0.4, 0.5) is 4.39 Å². The van der Waals surface area contributed by atoms with Crippen molar-refractivity contribution in [3.63, 3.8) is 0 Å². The number of aromatic nitrogens is 3. The SMILES string of the molecule is Fc1ccc(-n2c(C3CCCCC3)cc3cc4[nH]ncc4cc32)cc1. The van der Waals surface area contributed by atoms with Crippen LogP contribution in [0.5, 0.6) is 0 Å². The zero-order valence-electron chi connectivity index (χ0n) is 14.0. The van der Waals surface area contributed by atoms with E-state index in [-0.39, 0.29) is 5.82 Å². The van der Waals surface area contributed by atoms with Crippen LogP contribution in [-0.4, -0.2) is 14.8 Å². The van der Waals surface area contributed by atoms with Gasteiger partial charge in [0.2, 0.25) is 0 Å². The fourth-order valence-electron chi connectivity index (χ4n) is 4.25. The lowest BCUT2D eigenvalue weighted by Crippen LogP contribution is -2.10. The van der Waals surface area contributed by atoms with Crippen LogP contribution >= 0.6 is 0 Å². The van der Waals surface area contributed by atoms with Gasteiger partial charge in [0, 0.05) is 22.2 Å². The number of nitrogens with one attached hydrogen (secondary N) is 1. The van der Waals surface area contributed by atoms with Gasteiger partial charge in [-0.1, -0.05) is 19.3 Å². The maximum atomic E-state index is 13.4. The summed E-state index contributed by atoms with van der Waals surface area (Å²) in [6.07, 6.45) is 8.24. The molecule has 5 rings (SSSR count). The minimum atomic E-state index is -0.198. The first-order valence-electron chi connectivity index (χ1n) is 9.04. The van der Waals surface area contributed by atoms with Crippen LogP contribution in [0.2, 0.25) is 0 Å². The highest BCUT2D eigenvalue weighted by molar-refractivity contribution is 5.96. The van der Waals surface area contributed by atoms with Gasteiger partial charge in [0.15, 0.2) is 0 Å². The first kappa shape index (κ1) is 14.7. The van der Waals surface area contributed by atoms with Gasteiger partial charge in [-0.15, -0.1) is 0 Å². The van der Waals surface area contributed by atoms with Crippen molar-refractivity contribution in [2.45, 2.75) is 38.0 Å². The third-order valence-corrected chi connectivity index (χ3v) is 5.50. The highest BCUT2D eigenvalue weighted by Crippen LogP contribution is 2.38. The van der Waals surface area contributed by atoms with Gasteiger partial charge in [-0.05, 0) is 61.2 Å². The Balaban J connectivity index is 1.78. The van der Waals surface area contributed by atoms with Crippen molar-refractivity contribution >= 4 is 21.8 Å². The van der Waals surface area contributed by atoms with Crippen LogP contribution in [-0.2, 0) is 0 Å². The van der Waals surface area contributed by atoms with E-state index >= 15 is 0 Å². The van der Waals surface area contributed by atoms with Crippen molar-refractivity contribution in [2.75, 3.05) is 0 Å². The van der Waals surface area contributed by atoms with Crippen LogP contribution in [0.25, 0.3) is 27.5 Å². The molecule has 25 heavy (non-hydrogen) atoms. The molecule has 126 valence electrons. The molecule has 0 saturated heterocycles. The Morgan fingerprint density at radius 1 is 0.960 bits per heavy atom. The molecule has 0 spiro atoms. The summed E-state index contributed by atoms with van der Waals surface area (Å²) in [6, 6.07) is 13.5. The summed E-state index contributed by atoms with van der Waals surface area (Å²) in [4.78, 5) is 0. The molecule has 0 aliphatic heterocycles. The third-order valence-electron chi connectivity index (χ3n) is 5.50. The first-order valence-corrected chi connectivity index (χ1v) is 9.04. The van der Waals surface area contributed by atoms with Crippen molar-refractivity contribution in [3.05, 3.63) is 60.2 Å². The Morgan fingerprint density at radius 2 is 1.76 bits per heavy atom. The lowest BCUT2D eigenvalue weighted by atomic mass is 9.87. The van der Waals surface area contributed by atoms with E-state index in [2.05, 4.69) is 33.0 Å². The number of halogens is 1. The van der Waals surface area contributed by atoms with Gasteiger partial charge < -0.3 is 4.57 Å². The lowest BCUT2D eigenvalue weighted by Gasteiger charge is -2.24. The predicted molar refractivity (Wildman–Crippen MR) is 98.7 cm³/mol. The molecule has 0 unspecified atom stereocenters. The second-order valence-electron chi connectivity index (χ2n) is 7.08. The molecular weight excluding hydrogens is 313 g/mol. The Morgan fingerprint density at radius 3 is 2.56 bits per heavy atom. The number of aromatic amines is 1. The number of hydrogen-bond donors (Lipinski definition) is 1. The standard InChI is InChI=1S/C21H20FN3/c22-17-6-8-18(9-7-17)25-20(14-4-2-1-3-5-14)11-15-10-19-16(12-21(15)25)13-23-24-19/h6-14H,1-5H2,(H,23,24). The van der Waals surface area contributed by atoms with Crippen molar-refractivity contribution in [1.82, 2.24) is 14.8 Å². The Kier molecular flexibility index (Phi) is 3.37. The maximum absolute atomic E-state index is 13.4. The topological polar surface area (TPSA) is 33.6 Å². The molecule has 0 bridgehead atoms. The van der Waals surface area contributed by atoms with E-state index in [9.17, 15) is 4.39 Å². The van der Waals surface area contributed by atoms with E-state index < -0.39 is 0 Å². The first-order chi connectivity index (χ1) is 12.3. The molecule has 2 aromatic heterocycles. The minimum absolute atomic E-state index is 0.198. The molecule has 1 saturated carbocycles. The molecule has 0 atom stereocenters. The van der Waals surface area contributed by atoms with Crippen LogP contribution in [0, 0.1) is 5.82 Å². The van der Waals surface area contributed by atoms with Gasteiger partial charge in [0.25, 0.3) is 0 Å². The number of H-pyrrole nitrogens is 1. The zero-order chi connectivity index (χ0) is 16.8.